The van der Waals surface area contributed by atoms with Crippen molar-refractivity contribution < 1.29 is 33.0 Å². The van der Waals surface area contributed by atoms with Gasteiger partial charge in [-0.25, -0.2) is 4.79 Å². The average Bonchev–Trinajstić information content (AvgIpc) is 2.89. The Morgan fingerprint density at radius 1 is 1.23 bits per heavy atom. The zero-order chi connectivity index (χ0) is 21.9. The maximum atomic E-state index is 14.3. The molecule has 1 heterocycles. The number of anilines is 1. The van der Waals surface area contributed by atoms with Gasteiger partial charge in [0.05, 0.1) is 17.8 Å². The molecule has 0 aliphatic carbocycles. The van der Waals surface area contributed by atoms with Crippen LogP contribution < -0.4 is 9.64 Å². The number of carboxylic acid groups (broad SMARTS) is 1. The molecule has 1 aliphatic heterocycles. The lowest BCUT2D eigenvalue weighted by Crippen LogP contribution is -2.37. The van der Waals surface area contributed by atoms with E-state index in [2.05, 4.69) is 15.9 Å². The predicted molar refractivity (Wildman–Crippen MR) is 109 cm³/mol. The van der Waals surface area contributed by atoms with Gasteiger partial charge in [0, 0.05) is 17.5 Å². The summed E-state index contributed by atoms with van der Waals surface area (Å²) in [4.78, 5) is 24.3. The number of carbonyl (C=O) groups excluding carboxylic acids is 1. The van der Waals surface area contributed by atoms with E-state index in [4.69, 9.17) is 14.6 Å². The lowest BCUT2D eigenvalue weighted by atomic mass is 10.1. The Labute approximate surface area is 180 Å². The fourth-order valence-electron chi connectivity index (χ4n) is 3.22. The summed E-state index contributed by atoms with van der Waals surface area (Å²) in [6.45, 7) is 2.02. The number of carboxylic acids is 1. The van der Waals surface area contributed by atoms with Crippen LogP contribution in [0.4, 0.5) is 14.5 Å². The van der Waals surface area contributed by atoms with Crippen molar-refractivity contribution in [2.24, 2.45) is 0 Å². The van der Waals surface area contributed by atoms with Gasteiger partial charge in [0.25, 0.3) is 0 Å². The first-order valence-corrected chi connectivity index (χ1v) is 10.1. The molecule has 3 rings (SSSR count). The quantitative estimate of drug-likeness (QED) is 0.583. The minimum atomic E-state index is -3.57. The van der Waals surface area contributed by atoms with Crippen molar-refractivity contribution in [2.75, 3.05) is 24.7 Å². The number of hydrogen-bond acceptors (Lipinski definition) is 4. The van der Waals surface area contributed by atoms with Crippen LogP contribution in [-0.4, -0.2) is 42.8 Å². The Balaban J connectivity index is 1.59. The van der Waals surface area contributed by atoms with Gasteiger partial charge in [-0.15, -0.1) is 0 Å². The summed E-state index contributed by atoms with van der Waals surface area (Å²) in [6.07, 6.45) is -0.711. The number of nitrogens with zero attached hydrogens (tertiary/aromatic N) is 1. The summed E-state index contributed by atoms with van der Waals surface area (Å²) in [5.74, 6) is -5.39. The fraction of sp³-hybridized carbons (Fsp3) is 0.333. The standard InChI is InChI=1S/C21H20BrF2NO5/c1-2-29-18(19(26)27)11-13-3-6-15(7-4-13)30-10-9-25-17-8-5-14(22)12-16(17)21(23,24)20(25)28/h3-8,12,18H,2,9-11H2,1H3,(H,26,27). The number of rotatable bonds is 9. The third kappa shape index (κ3) is 4.62. The highest BCUT2D eigenvalue weighted by molar-refractivity contribution is 9.10. The third-order valence-electron chi connectivity index (χ3n) is 4.67. The predicted octanol–water partition coefficient (Wildman–Crippen LogP) is 4.00. The molecular formula is C21H20BrF2NO5. The van der Waals surface area contributed by atoms with Gasteiger partial charge in [-0.3, -0.25) is 4.79 Å². The first kappa shape index (κ1) is 22.2. The van der Waals surface area contributed by atoms with Crippen LogP contribution in [0.5, 0.6) is 5.75 Å². The van der Waals surface area contributed by atoms with E-state index in [1.807, 2.05) is 0 Å². The molecule has 0 bridgehead atoms. The minimum Gasteiger partial charge on any atom is -0.492 e. The van der Waals surface area contributed by atoms with Crippen LogP contribution in [0.3, 0.4) is 0 Å². The number of halogens is 3. The van der Waals surface area contributed by atoms with Gasteiger partial charge in [-0.05, 0) is 42.8 Å². The summed E-state index contributed by atoms with van der Waals surface area (Å²) >= 11 is 3.15. The normalized spacial score (nSPS) is 15.7. The summed E-state index contributed by atoms with van der Waals surface area (Å²) < 4.78 is 39.8. The molecule has 1 N–H and O–H groups in total. The molecular weight excluding hydrogens is 464 g/mol. The van der Waals surface area contributed by atoms with Crippen LogP contribution >= 0.6 is 15.9 Å². The van der Waals surface area contributed by atoms with E-state index >= 15 is 0 Å². The van der Waals surface area contributed by atoms with Gasteiger partial charge in [0.1, 0.15) is 12.4 Å². The number of alkyl halides is 2. The lowest BCUT2D eigenvalue weighted by Gasteiger charge is -2.18. The molecule has 0 spiro atoms. The molecule has 0 radical (unpaired) electrons. The number of amides is 1. The number of fused-ring (bicyclic) bond motifs is 1. The maximum absolute atomic E-state index is 14.3. The summed E-state index contributed by atoms with van der Waals surface area (Å²) in [5, 5.41) is 9.15. The average molecular weight is 484 g/mol. The van der Waals surface area contributed by atoms with Crippen LogP contribution in [0.15, 0.2) is 46.9 Å². The number of hydrogen-bond donors (Lipinski definition) is 1. The molecule has 1 unspecified atom stereocenters. The molecule has 1 amide bonds. The highest BCUT2D eigenvalue weighted by Gasteiger charge is 2.52. The third-order valence-corrected chi connectivity index (χ3v) is 5.17. The number of carbonyl (C=O) groups is 2. The van der Waals surface area contributed by atoms with E-state index in [9.17, 15) is 18.4 Å². The van der Waals surface area contributed by atoms with Crippen LogP contribution in [0.1, 0.15) is 18.1 Å². The highest BCUT2D eigenvalue weighted by atomic mass is 79.9. The zero-order valence-corrected chi connectivity index (χ0v) is 17.7. The van der Waals surface area contributed by atoms with Crippen molar-refractivity contribution in [1.29, 1.82) is 0 Å². The Hall–Kier alpha value is -2.52. The van der Waals surface area contributed by atoms with Crippen molar-refractivity contribution in [1.82, 2.24) is 0 Å². The first-order chi connectivity index (χ1) is 14.2. The molecule has 160 valence electrons. The molecule has 30 heavy (non-hydrogen) atoms. The van der Waals surface area contributed by atoms with Crippen molar-refractivity contribution in [2.45, 2.75) is 25.4 Å². The Morgan fingerprint density at radius 2 is 1.93 bits per heavy atom. The second kappa shape index (κ2) is 9.09. The van der Waals surface area contributed by atoms with Gasteiger partial charge in [-0.2, -0.15) is 8.78 Å². The topological polar surface area (TPSA) is 76.1 Å². The van der Waals surface area contributed by atoms with Crippen molar-refractivity contribution in [3.8, 4) is 5.75 Å². The Morgan fingerprint density at radius 3 is 2.57 bits per heavy atom. The first-order valence-electron chi connectivity index (χ1n) is 9.30. The molecule has 0 aromatic heterocycles. The van der Waals surface area contributed by atoms with Gasteiger partial charge < -0.3 is 19.5 Å². The SMILES string of the molecule is CCOC(Cc1ccc(OCCN2C(=O)C(F)(F)c3cc(Br)ccc32)cc1)C(=O)O. The van der Waals surface area contributed by atoms with E-state index < -0.39 is 23.9 Å². The summed E-state index contributed by atoms with van der Waals surface area (Å²) in [5.41, 5.74) is 0.605. The van der Waals surface area contributed by atoms with Gasteiger partial charge in [0.2, 0.25) is 0 Å². The molecule has 2 aromatic rings. The van der Waals surface area contributed by atoms with Crippen molar-refractivity contribution in [3.05, 3.63) is 58.1 Å². The summed E-state index contributed by atoms with van der Waals surface area (Å²) in [6, 6.07) is 11.1. The maximum Gasteiger partial charge on any atom is 0.352 e. The van der Waals surface area contributed by atoms with E-state index in [1.165, 1.54) is 12.1 Å². The van der Waals surface area contributed by atoms with E-state index in [0.717, 1.165) is 10.5 Å². The largest absolute Gasteiger partial charge is 0.492 e. The molecule has 6 nitrogen and oxygen atoms in total. The monoisotopic (exact) mass is 483 g/mol. The smallest absolute Gasteiger partial charge is 0.352 e. The van der Waals surface area contributed by atoms with E-state index in [-0.39, 0.29) is 30.8 Å². The van der Waals surface area contributed by atoms with Gasteiger partial charge >= 0.3 is 17.8 Å². The summed E-state index contributed by atoms with van der Waals surface area (Å²) in [7, 11) is 0. The molecule has 0 saturated carbocycles. The minimum absolute atomic E-state index is 0.0212. The molecule has 1 aliphatic rings. The van der Waals surface area contributed by atoms with E-state index in [0.29, 0.717) is 16.8 Å². The number of aliphatic carboxylic acids is 1. The Kier molecular flexibility index (Phi) is 6.72. The fourth-order valence-corrected chi connectivity index (χ4v) is 3.58. The zero-order valence-electron chi connectivity index (χ0n) is 16.1. The second-order valence-electron chi connectivity index (χ2n) is 6.67. The molecule has 0 fully saturated rings. The van der Waals surface area contributed by atoms with Crippen LogP contribution in [0.2, 0.25) is 0 Å². The number of benzene rings is 2. The van der Waals surface area contributed by atoms with Gasteiger partial charge in [-0.1, -0.05) is 28.1 Å². The van der Waals surface area contributed by atoms with Crippen LogP contribution in [-0.2, 0) is 26.7 Å². The molecule has 9 heteroatoms. The van der Waals surface area contributed by atoms with Crippen molar-refractivity contribution >= 4 is 33.5 Å². The molecule has 1 atom stereocenters. The molecule has 2 aromatic carbocycles. The van der Waals surface area contributed by atoms with E-state index in [1.54, 1.807) is 37.3 Å². The van der Waals surface area contributed by atoms with Crippen molar-refractivity contribution in [3.63, 3.8) is 0 Å². The van der Waals surface area contributed by atoms with Crippen LogP contribution in [0, 0.1) is 0 Å². The highest BCUT2D eigenvalue weighted by Crippen LogP contribution is 2.45. The molecule has 0 saturated heterocycles. The Bertz CT molecular complexity index is 935. The number of ether oxygens (including phenoxy) is 2. The van der Waals surface area contributed by atoms with Crippen LogP contribution in [0.25, 0.3) is 0 Å². The van der Waals surface area contributed by atoms with Gasteiger partial charge in [0.15, 0.2) is 6.10 Å². The second-order valence-corrected chi connectivity index (χ2v) is 7.59. The lowest BCUT2D eigenvalue weighted by molar-refractivity contribution is -0.150.